The van der Waals surface area contributed by atoms with Crippen LogP contribution in [-0.2, 0) is 11.2 Å². The molecule has 2 aromatic heterocycles. The summed E-state index contributed by atoms with van der Waals surface area (Å²) in [5.41, 5.74) is 1.86. The first-order valence-electron chi connectivity index (χ1n) is 8.35. The van der Waals surface area contributed by atoms with Crippen molar-refractivity contribution >= 4 is 5.91 Å². The van der Waals surface area contributed by atoms with Crippen LogP contribution in [0.1, 0.15) is 23.8 Å². The molecule has 0 spiro atoms. The second kappa shape index (κ2) is 6.84. The molecular formula is C19H18N4O2. The lowest BCUT2D eigenvalue weighted by molar-refractivity contribution is -0.129. The highest BCUT2D eigenvalue weighted by Gasteiger charge is 2.31. The summed E-state index contributed by atoms with van der Waals surface area (Å²) in [6.45, 7) is 1.34. The third-order valence-corrected chi connectivity index (χ3v) is 4.44. The van der Waals surface area contributed by atoms with Crippen LogP contribution in [0.3, 0.4) is 0 Å². The fraction of sp³-hybridized carbons (Fsp3) is 0.263. The van der Waals surface area contributed by atoms with Crippen LogP contribution in [0.15, 0.2) is 59.4 Å². The molecule has 1 aliphatic rings. The monoisotopic (exact) mass is 334 g/mol. The van der Waals surface area contributed by atoms with E-state index >= 15 is 0 Å². The van der Waals surface area contributed by atoms with Gasteiger partial charge >= 0.3 is 0 Å². The molecule has 1 amide bonds. The second-order valence-corrected chi connectivity index (χ2v) is 6.19. The van der Waals surface area contributed by atoms with Crippen molar-refractivity contribution in [3.63, 3.8) is 0 Å². The third-order valence-electron chi connectivity index (χ3n) is 4.44. The van der Waals surface area contributed by atoms with Crippen LogP contribution in [-0.4, -0.2) is 39.0 Å². The number of benzene rings is 1. The molecule has 0 saturated carbocycles. The quantitative estimate of drug-likeness (QED) is 0.733. The van der Waals surface area contributed by atoms with Crippen molar-refractivity contribution in [2.45, 2.75) is 18.8 Å². The van der Waals surface area contributed by atoms with Gasteiger partial charge in [-0.2, -0.15) is 4.98 Å². The van der Waals surface area contributed by atoms with Crippen LogP contribution in [0.4, 0.5) is 0 Å². The van der Waals surface area contributed by atoms with Gasteiger partial charge in [-0.25, -0.2) is 0 Å². The van der Waals surface area contributed by atoms with Crippen molar-refractivity contribution in [2.24, 2.45) is 0 Å². The molecule has 0 N–H and O–H groups in total. The van der Waals surface area contributed by atoms with Crippen molar-refractivity contribution in [1.82, 2.24) is 20.0 Å². The minimum Gasteiger partial charge on any atom is -0.342 e. The predicted octanol–water partition coefficient (Wildman–Crippen LogP) is 2.69. The Kier molecular flexibility index (Phi) is 4.24. The molecule has 1 saturated heterocycles. The van der Waals surface area contributed by atoms with Gasteiger partial charge in [0.1, 0.15) is 0 Å². The maximum atomic E-state index is 12.4. The van der Waals surface area contributed by atoms with Gasteiger partial charge in [0, 0.05) is 31.0 Å². The van der Waals surface area contributed by atoms with Crippen LogP contribution in [0.2, 0.25) is 0 Å². The van der Waals surface area contributed by atoms with E-state index < -0.39 is 0 Å². The molecule has 1 atom stereocenters. The average molecular weight is 334 g/mol. The van der Waals surface area contributed by atoms with Crippen LogP contribution in [0, 0.1) is 0 Å². The van der Waals surface area contributed by atoms with E-state index in [2.05, 4.69) is 15.1 Å². The lowest BCUT2D eigenvalue weighted by Crippen LogP contribution is -2.29. The Labute approximate surface area is 145 Å². The lowest BCUT2D eigenvalue weighted by atomic mass is 10.1. The highest BCUT2D eigenvalue weighted by molar-refractivity contribution is 5.79. The molecule has 4 rings (SSSR count). The van der Waals surface area contributed by atoms with E-state index in [1.54, 1.807) is 12.4 Å². The molecule has 1 aliphatic heterocycles. The van der Waals surface area contributed by atoms with E-state index in [0.29, 0.717) is 31.2 Å². The fourth-order valence-corrected chi connectivity index (χ4v) is 3.08. The van der Waals surface area contributed by atoms with Crippen molar-refractivity contribution in [3.8, 4) is 11.4 Å². The maximum absolute atomic E-state index is 12.4. The first kappa shape index (κ1) is 15.5. The summed E-state index contributed by atoms with van der Waals surface area (Å²) in [5, 5.41) is 4.07. The molecule has 0 radical (unpaired) electrons. The molecule has 126 valence electrons. The topological polar surface area (TPSA) is 72.1 Å². The Morgan fingerprint density at radius 3 is 2.88 bits per heavy atom. The van der Waals surface area contributed by atoms with Crippen LogP contribution in [0.5, 0.6) is 0 Å². The molecule has 3 heterocycles. The van der Waals surface area contributed by atoms with E-state index in [4.69, 9.17) is 4.52 Å². The number of aromatic nitrogens is 3. The normalized spacial score (nSPS) is 17.0. The fourth-order valence-electron chi connectivity index (χ4n) is 3.08. The Morgan fingerprint density at radius 1 is 1.20 bits per heavy atom. The standard InChI is InChI=1S/C19H18N4O2/c24-17(11-14-5-4-9-20-12-14)23-10-8-16(13-23)19-21-18(22-25-19)15-6-2-1-3-7-15/h1-7,9,12,16H,8,10-11,13H2/t16-/m0/s1. The summed E-state index contributed by atoms with van der Waals surface area (Å²) in [5.74, 6) is 1.41. The van der Waals surface area contributed by atoms with Crippen molar-refractivity contribution in [3.05, 3.63) is 66.3 Å². The van der Waals surface area contributed by atoms with Gasteiger partial charge in [0.15, 0.2) is 0 Å². The minimum absolute atomic E-state index is 0.0998. The smallest absolute Gasteiger partial charge is 0.231 e. The number of carbonyl (C=O) groups excluding carboxylic acids is 1. The highest BCUT2D eigenvalue weighted by atomic mass is 16.5. The number of nitrogens with zero attached hydrogens (tertiary/aromatic N) is 4. The summed E-state index contributed by atoms with van der Waals surface area (Å²) in [6, 6.07) is 13.5. The molecule has 3 aromatic rings. The molecule has 0 bridgehead atoms. The Bertz CT molecular complexity index is 848. The van der Waals surface area contributed by atoms with E-state index in [0.717, 1.165) is 17.5 Å². The first-order valence-corrected chi connectivity index (χ1v) is 8.35. The number of amides is 1. The summed E-state index contributed by atoms with van der Waals surface area (Å²) in [6.07, 6.45) is 4.66. The number of pyridine rings is 1. The molecule has 1 aromatic carbocycles. The molecular weight excluding hydrogens is 316 g/mol. The van der Waals surface area contributed by atoms with Crippen molar-refractivity contribution < 1.29 is 9.32 Å². The lowest BCUT2D eigenvalue weighted by Gasteiger charge is -2.15. The first-order chi connectivity index (χ1) is 12.3. The number of carbonyl (C=O) groups is 1. The number of rotatable bonds is 4. The minimum atomic E-state index is 0.0998. The van der Waals surface area contributed by atoms with Crippen LogP contribution in [0.25, 0.3) is 11.4 Å². The third kappa shape index (κ3) is 3.42. The summed E-state index contributed by atoms with van der Waals surface area (Å²) < 4.78 is 5.44. The van der Waals surface area contributed by atoms with Crippen molar-refractivity contribution in [1.29, 1.82) is 0 Å². The molecule has 1 fully saturated rings. The van der Waals surface area contributed by atoms with Gasteiger partial charge < -0.3 is 9.42 Å². The Balaban J connectivity index is 1.41. The van der Waals surface area contributed by atoms with Gasteiger partial charge in [-0.3, -0.25) is 9.78 Å². The van der Waals surface area contributed by atoms with Crippen LogP contribution >= 0.6 is 0 Å². The van der Waals surface area contributed by atoms with E-state index in [-0.39, 0.29) is 11.8 Å². The van der Waals surface area contributed by atoms with Gasteiger partial charge in [-0.05, 0) is 18.1 Å². The van der Waals surface area contributed by atoms with Gasteiger partial charge in [0.25, 0.3) is 0 Å². The maximum Gasteiger partial charge on any atom is 0.231 e. The van der Waals surface area contributed by atoms with E-state index in [1.807, 2.05) is 47.4 Å². The number of hydrogen-bond donors (Lipinski definition) is 0. The number of likely N-dealkylation sites (tertiary alicyclic amines) is 1. The largest absolute Gasteiger partial charge is 0.342 e. The zero-order valence-corrected chi connectivity index (χ0v) is 13.7. The molecule has 25 heavy (non-hydrogen) atoms. The Hall–Kier alpha value is -3.02. The van der Waals surface area contributed by atoms with Crippen molar-refractivity contribution in [2.75, 3.05) is 13.1 Å². The summed E-state index contributed by atoms with van der Waals surface area (Å²) in [4.78, 5) is 22.9. The van der Waals surface area contributed by atoms with Gasteiger partial charge in [0.05, 0.1) is 12.3 Å². The second-order valence-electron chi connectivity index (χ2n) is 6.19. The number of hydrogen-bond acceptors (Lipinski definition) is 5. The van der Waals surface area contributed by atoms with E-state index in [1.165, 1.54) is 0 Å². The van der Waals surface area contributed by atoms with Gasteiger partial charge in [-0.15, -0.1) is 0 Å². The SMILES string of the molecule is O=C(Cc1cccnc1)N1CC[C@H](c2nc(-c3ccccc3)no2)C1. The molecule has 6 nitrogen and oxygen atoms in total. The molecule has 0 unspecified atom stereocenters. The average Bonchev–Trinajstić information content (AvgIpc) is 3.33. The zero-order chi connectivity index (χ0) is 17.1. The van der Waals surface area contributed by atoms with Gasteiger partial charge in [-0.1, -0.05) is 41.6 Å². The predicted molar refractivity (Wildman–Crippen MR) is 91.6 cm³/mol. The van der Waals surface area contributed by atoms with Crippen LogP contribution < -0.4 is 0 Å². The molecule has 6 heteroatoms. The highest BCUT2D eigenvalue weighted by Crippen LogP contribution is 2.28. The van der Waals surface area contributed by atoms with Gasteiger partial charge in [0.2, 0.25) is 17.6 Å². The zero-order valence-electron chi connectivity index (χ0n) is 13.7. The Morgan fingerprint density at radius 2 is 2.08 bits per heavy atom. The summed E-state index contributed by atoms with van der Waals surface area (Å²) >= 11 is 0. The molecule has 0 aliphatic carbocycles. The summed E-state index contributed by atoms with van der Waals surface area (Å²) in [7, 11) is 0. The van der Waals surface area contributed by atoms with E-state index in [9.17, 15) is 4.79 Å².